The number of nitrogens with one attached hydrogen (secondary N) is 1. The lowest BCUT2D eigenvalue weighted by molar-refractivity contribution is -0.117. The van der Waals surface area contributed by atoms with Crippen molar-refractivity contribution in [1.29, 1.82) is 0 Å². The van der Waals surface area contributed by atoms with Crippen LogP contribution in [0.2, 0.25) is 0 Å². The molecule has 10 nitrogen and oxygen atoms in total. The quantitative estimate of drug-likeness (QED) is 0.664. The van der Waals surface area contributed by atoms with Gasteiger partial charge in [-0.25, -0.2) is 19.6 Å². The summed E-state index contributed by atoms with van der Waals surface area (Å²) < 4.78 is 1.09. The summed E-state index contributed by atoms with van der Waals surface area (Å²) in [6.45, 7) is 3.06. The molecule has 3 aromatic rings. The zero-order valence-electron chi connectivity index (χ0n) is 15.7. The molecule has 1 fully saturated rings. The van der Waals surface area contributed by atoms with E-state index in [1.165, 1.54) is 18.3 Å². The molecule has 4 heterocycles. The first-order valence-electron chi connectivity index (χ1n) is 9.24. The molecule has 0 saturated carbocycles. The van der Waals surface area contributed by atoms with Gasteiger partial charge < -0.3 is 15.1 Å². The minimum atomic E-state index is -0.369. The van der Waals surface area contributed by atoms with E-state index in [4.69, 9.17) is 0 Å². The van der Waals surface area contributed by atoms with Crippen LogP contribution in [-0.4, -0.2) is 56.8 Å². The molecule has 1 aliphatic heterocycles. The highest BCUT2D eigenvalue weighted by atomic mass is 16.2. The largest absolute Gasteiger partial charge is 0.353 e. The first-order chi connectivity index (χ1) is 14.2. The maximum absolute atomic E-state index is 12.1. The molecule has 0 spiro atoms. The topological polar surface area (TPSA) is 109 Å². The third kappa shape index (κ3) is 4.54. The summed E-state index contributed by atoms with van der Waals surface area (Å²) in [6.07, 6.45) is 6.38. The molecule has 3 aromatic heterocycles. The second-order valence-electron chi connectivity index (χ2n) is 6.50. The molecular formula is C19H20N8O2. The van der Waals surface area contributed by atoms with Crippen molar-refractivity contribution in [1.82, 2.24) is 24.7 Å². The lowest BCUT2D eigenvalue weighted by Gasteiger charge is -2.35. The first kappa shape index (κ1) is 18.5. The van der Waals surface area contributed by atoms with Crippen LogP contribution in [0.3, 0.4) is 0 Å². The fraction of sp³-hybridized carbons (Fsp3) is 0.263. The zero-order valence-corrected chi connectivity index (χ0v) is 15.7. The van der Waals surface area contributed by atoms with E-state index >= 15 is 0 Å². The number of aromatic nitrogens is 5. The van der Waals surface area contributed by atoms with Gasteiger partial charge in [-0.05, 0) is 18.2 Å². The molecule has 1 amide bonds. The number of carbonyl (C=O) groups excluding carboxylic acids is 1. The second kappa shape index (κ2) is 8.46. The maximum Gasteiger partial charge on any atom is 0.267 e. The summed E-state index contributed by atoms with van der Waals surface area (Å²) in [5.74, 6) is 1.22. The van der Waals surface area contributed by atoms with Crippen molar-refractivity contribution in [2.45, 2.75) is 6.54 Å². The molecule has 0 radical (unpaired) electrons. The molecule has 0 bridgehead atoms. The normalized spacial score (nSPS) is 13.9. The molecule has 0 aromatic carbocycles. The van der Waals surface area contributed by atoms with E-state index in [9.17, 15) is 9.59 Å². The van der Waals surface area contributed by atoms with Crippen molar-refractivity contribution in [3.8, 4) is 0 Å². The number of amides is 1. The Kier molecular flexibility index (Phi) is 5.41. The predicted molar refractivity (Wildman–Crippen MR) is 108 cm³/mol. The van der Waals surface area contributed by atoms with Gasteiger partial charge in [-0.2, -0.15) is 5.10 Å². The Morgan fingerprint density at radius 2 is 1.69 bits per heavy atom. The van der Waals surface area contributed by atoms with Crippen LogP contribution in [0, 0.1) is 0 Å². The van der Waals surface area contributed by atoms with E-state index in [2.05, 4.69) is 35.2 Å². The Bertz CT molecular complexity index is 1010. The number of pyridine rings is 1. The summed E-state index contributed by atoms with van der Waals surface area (Å²) in [6, 6.07) is 8.77. The number of anilines is 3. The minimum Gasteiger partial charge on any atom is -0.353 e. The Labute approximate surface area is 166 Å². The molecule has 0 aliphatic carbocycles. The number of nitrogens with zero attached hydrogens (tertiary/aromatic N) is 7. The van der Waals surface area contributed by atoms with Crippen LogP contribution >= 0.6 is 0 Å². The number of piperazine rings is 1. The fourth-order valence-electron chi connectivity index (χ4n) is 3.07. The Hall–Kier alpha value is -3.82. The number of rotatable bonds is 5. The molecule has 148 valence electrons. The summed E-state index contributed by atoms with van der Waals surface area (Å²) in [5.41, 5.74) is 0.133. The van der Waals surface area contributed by atoms with Gasteiger partial charge in [0.2, 0.25) is 11.9 Å². The SMILES string of the molecule is O=C(Cn1ncccc1=O)Nc1cnc(N2CCN(c3ccccn3)CC2)nc1. The highest BCUT2D eigenvalue weighted by Gasteiger charge is 2.19. The highest BCUT2D eigenvalue weighted by molar-refractivity contribution is 5.90. The van der Waals surface area contributed by atoms with Crippen LogP contribution < -0.4 is 20.7 Å². The van der Waals surface area contributed by atoms with Gasteiger partial charge in [-0.1, -0.05) is 6.07 Å². The van der Waals surface area contributed by atoms with E-state index < -0.39 is 0 Å². The first-order valence-corrected chi connectivity index (χ1v) is 9.24. The third-order valence-corrected chi connectivity index (χ3v) is 4.54. The zero-order chi connectivity index (χ0) is 20.1. The Morgan fingerprint density at radius 3 is 2.38 bits per heavy atom. The van der Waals surface area contributed by atoms with Crippen molar-refractivity contribution < 1.29 is 4.79 Å². The van der Waals surface area contributed by atoms with Crippen LogP contribution in [0.25, 0.3) is 0 Å². The molecule has 1 saturated heterocycles. The van der Waals surface area contributed by atoms with E-state index in [1.807, 2.05) is 18.2 Å². The third-order valence-electron chi connectivity index (χ3n) is 4.54. The summed E-state index contributed by atoms with van der Waals surface area (Å²) >= 11 is 0. The summed E-state index contributed by atoms with van der Waals surface area (Å²) in [5, 5.41) is 6.54. The van der Waals surface area contributed by atoms with Gasteiger partial charge >= 0.3 is 0 Å². The molecule has 1 N–H and O–H groups in total. The molecule has 0 unspecified atom stereocenters. The van der Waals surface area contributed by atoms with Crippen LogP contribution in [0.4, 0.5) is 17.5 Å². The van der Waals surface area contributed by atoms with Crippen LogP contribution in [0.1, 0.15) is 0 Å². The Morgan fingerprint density at radius 1 is 0.931 bits per heavy atom. The number of hydrogen-bond acceptors (Lipinski definition) is 8. The summed E-state index contributed by atoms with van der Waals surface area (Å²) in [7, 11) is 0. The van der Waals surface area contributed by atoms with E-state index in [1.54, 1.807) is 18.6 Å². The van der Waals surface area contributed by atoms with Crippen molar-refractivity contribution in [3.05, 3.63) is 65.5 Å². The van der Waals surface area contributed by atoms with E-state index in [0.29, 0.717) is 11.6 Å². The van der Waals surface area contributed by atoms with Gasteiger partial charge in [-0.3, -0.25) is 9.59 Å². The van der Waals surface area contributed by atoms with Crippen molar-refractivity contribution in [3.63, 3.8) is 0 Å². The number of carbonyl (C=O) groups is 1. The van der Waals surface area contributed by atoms with Crippen LogP contribution in [-0.2, 0) is 11.3 Å². The van der Waals surface area contributed by atoms with E-state index in [-0.39, 0.29) is 18.0 Å². The van der Waals surface area contributed by atoms with Gasteiger partial charge in [0.05, 0.1) is 18.1 Å². The van der Waals surface area contributed by atoms with Gasteiger partial charge in [0, 0.05) is 44.6 Å². The van der Waals surface area contributed by atoms with Crippen LogP contribution in [0.5, 0.6) is 0 Å². The molecule has 29 heavy (non-hydrogen) atoms. The predicted octanol–water partition coefficient (Wildman–Crippen LogP) is 0.394. The maximum atomic E-state index is 12.1. The van der Waals surface area contributed by atoms with Crippen molar-refractivity contribution in [2.24, 2.45) is 0 Å². The average Bonchev–Trinajstić information content (AvgIpc) is 2.77. The molecule has 10 heteroatoms. The van der Waals surface area contributed by atoms with Gasteiger partial charge in [0.1, 0.15) is 12.4 Å². The van der Waals surface area contributed by atoms with Gasteiger partial charge in [0.25, 0.3) is 5.56 Å². The standard InChI is InChI=1S/C19H20N8O2/c28-17(14-27-18(29)5-3-7-23-27)24-15-12-21-19(22-13-15)26-10-8-25(9-11-26)16-4-1-2-6-20-16/h1-7,12-13H,8-11,14H2,(H,24,28). The fourth-order valence-corrected chi connectivity index (χ4v) is 3.07. The summed E-state index contributed by atoms with van der Waals surface area (Å²) in [4.78, 5) is 41.2. The van der Waals surface area contributed by atoms with Gasteiger partial charge in [-0.15, -0.1) is 0 Å². The number of hydrogen-bond donors (Lipinski definition) is 1. The lowest BCUT2D eigenvalue weighted by atomic mass is 10.3. The van der Waals surface area contributed by atoms with Gasteiger partial charge in [0.15, 0.2) is 0 Å². The van der Waals surface area contributed by atoms with Crippen LogP contribution in [0.15, 0.2) is 59.9 Å². The van der Waals surface area contributed by atoms with Crippen molar-refractivity contribution in [2.75, 3.05) is 41.3 Å². The monoisotopic (exact) mass is 392 g/mol. The van der Waals surface area contributed by atoms with Crippen molar-refractivity contribution >= 4 is 23.4 Å². The molecule has 0 atom stereocenters. The molecule has 4 rings (SSSR count). The highest BCUT2D eigenvalue weighted by Crippen LogP contribution is 2.16. The van der Waals surface area contributed by atoms with E-state index in [0.717, 1.165) is 36.7 Å². The lowest BCUT2D eigenvalue weighted by Crippen LogP contribution is -2.47. The minimum absolute atomic E-state index is 0.170. The average molecular weight is 392 g/mol. The Balaban J connectivity index is 1.32. The smallest absolute Gasteiger partial charge is 0.267 e. The molecular weight excluding hydrogens is 372 g/mol. The molecule has 1 aliphatic rings. The second-order valence-corrected chi connectivity index (χ2v) is 6.50.